The van der Waals surface area contributed by atoms with Gasteiger partial charge in [-0.15, -0.1) is 0 Å². The molecule has 4 aromatic carbocycles. The van der Waals surface area contributed by atoms with Gasteiger partial charge in [-0.2, -0.15) is 5.01 Å². The monoisotopic (exact) mass is 648 g/mol. The molecule has 2 heterocycles. The molecule has 248 valence electrons. The highest BCUT2D eigenvalue weighted by atomic mass is 16.5. The van der Waals surface area contributed by atoms with Gasteiger partial charge in [0, 0.05) is 31.7 Å². The number of fused-ring (bicyclic) bond motifs is 2. The number of ether oxygens (including phenoxy) is 1. The van der Waals surface area contributed by atoms with Crippen LogP contribution in [0.25, 0.3) is 10.8 Å². The van der Waals surface area contributed by atoms with E-state index in [4.69, 9.17) is 4.74 Å². The van der Waals surface area contributed by atoms with Gasteiger partial charge < -0.3 is 19.9 Å². The third-order valence-electron chi connectivity index (χ3n) is 8.84. The predicted molar refractivity (Wildman–Crippen MR) is 182 cm³/mol. The Kier molecular flexibility index (Phi) is 9.58. The molecule has 0 unspecified atom stereocenters. The second-order valence-electron chi connectivity index (χ2n) is 12.3. The number of hydrogen-bond donors (Lipinski definition) is 2. The van der Waals surface area contributed by atoms with Crippen LogP contribution in [0.15, 0.2) is 97.1 Å². The van der Waals surface area contributed by atoms with Gasteiger partial charge in [-0.3, -0.25) is 19.9 Å². The average molecular weight is 649 g/mol. The fraction of sp³-hybridized carbons (Fsp3) is 0.297. The lowest BCUT2D eigenvalue weighted by Crippen LogP contribution is -2.66. The number of anilines is 1. The summed E-state index contributed by atoms with van der Waals surface area (Å²) in [4.78, 5) is 56.9. The van der Waals surface area contributed by atoms with Gasteiger partial charge in [0.1, 0.15) is 18.8 Å². The van der Waals surface area contributed by atoms with Crippen LogP contribution in [-0.4, -0.2) is 82.1 Å². The van der Waals surface area contributed by atoms with Gasteiger partial charge in [0.15, 0.2) is 0 Å². The first-order valence-corrected chi connectivity index (χ1v) is 16.1. The summed E-state index contributed by atoms with van der Waals surface area (Å²) in [6, 6.07) is 29.4. The predicted octanol–water partition coefficient (Wildman–Crippen LogP) is 4.98. The van der Waals surface area contributed by atoms with Gasteiger partial charge in [-0.25, -0.2) is 9.59 Å². The van der Waals surface area contributed by atoms with Crippen LogP contribution in [0.4, 0.5) is 15.3 Å². The Hall–Kier alpha value is -5.42. The van der Waals surface area contributed by atoms with Crippen LogP contribution >= 0.6 is 0 Å². The number of carbonyl (C=O) groups is 4. The summed E-state index contributed by atoms with van der Waals surface area (Å²) in [5.74, 6) is -0.366. The summed E-state index contributed by atoms with van der Waals surface area (Å²) in [6.45, 7) is 4.54. The number of benzene rings is 4. The van der Waals surface area contributed by atoms with Crippen LogP contribution in [0, 0.1) is 0 Å². The van der Waals surface area contributed by atoms with Crippen LogP contribution in [0.2, 0.25) is 0 Å². The fourth-order valence-corrected chi connectivity index (χ4v) is 6.59. The Labute approximate surface area is 280 Å². The van der Waals surface area contributed by atoms with E-state index in [0.29, 0.717) is 12.2 Å². The highest BCUT2D eigenvalue weighted by Crippen LogP contribution is 2.32. The van der Waals surface area contributed by atoms with Gasteiger partial charge >= 0.3 is 12.1 Å². The molecule has 0 bridgehead atoms. The lowest BCUT2D eigenvalue weighted by Gasteiger charge is -2.47. The molecule has 11 nitrogen and oxygen atoms in total. The molecule has 6 rings (SSSR count). The molecule has 2 atom stereocenters. The zero-order chi connectivity index (χ0) is 33.8. The molecule has 0 saturated carbocycles. The number of carbonyl (C=O) groups excluding carboxylic acids is 4. The van der Waals surface area contributed by atoms with Crippen molar-refractivity contribution < 1.29 is 23.9 Å². The molecule has 2 aliphatic heterocycles. The van der Waals surface area contributed by atoms with Crippen LogP contribution in [0.3, 0.4) is 0 Å². The minimum Gasteiger partial charge on any atom is -0.444 e. The maximum Gasteiger partial charge on any atom is 0.411 e. The van der Waals surface area contributed by atoms with Crippen molar-refractivity contribution >= 4 is 40.4 Å². The lowest BCUT2D eigenvalue weighted by molar-refractivity contribution is -0.158. The maximum absolute atomic E-state index is 14.3. The molecular formula is C37H40N6O5. The molecule has 0 radical (unpaired) electrons. The Balaban J connectivity index is 1.24. The molecule has 2 N–H and O–H groups in total. The summed E-state index contributed by atoms with van der Waals surface area (Å²) in [7, 11) is 1.56. The number of amides is 5. The summed E-state index contributed by atoms with van der Waals surface area (Å²) in [5.41, 5.74) is 3.25. The standard InChI is InChI=1S/C37H40N6O5/c1-25(2)43(36(46)38-3)41-23-34(44)42-32(20-26-16-18-30(19-17-26)39-37(47)48-24-27-10-5-4-6-11-27)35(45)40(22-33(41)42)21-29-14-9-13-28-12-7-8-15-31(28)29/h4-19,25,32-33H,20-24H2,1-3H3,(H,38,46)(H,39,47)/t32-,33+/m0/s1. The molecule has 2 saturated heterocycles. The highest BCUT2D eigenvalue weighted by Gasteiger charge is 2.52. The van der Waals surface area contributed by atoms with Gasteiger partial charge in [0.05, 0.1) is 13.1 Å². The largest absolute Gasteiger partial charge is 0.444 e. The van der Waals surface area contributed by atoms with E-state index in [1.165, 1.54) is 0 Å². The van der Waals surface area contributed by atoms with Gasteiger partial charge in [0.25, 0.3) is 0 Å². The lowest BCUT2D eigenvalue weighted by atomic mass is 9.98. The third-order valence-corrected chi connectivity index (χ3v) is 8.84. The molecule has 0 aromatic heterocycles. The van der Waals surface area contributed by atoms with E-state index in [2.05, 4.69) is 10.6 Å². The molecule has 2 fully saturated rings. The van der Waals surface area contributed by atoms with Gasteiger partial charge in [-0.1, -0.05) is 84.9 Å². The Bertz CT molecular complexity index is 1790. The Morgan fingerprint density at radius 1 is 0.896 bits per heavy atom. The van der Waals surface area contributed by atoms with Crippen molar-refractivity contribution in [1.29, 1.82) is 0 Å². The van der Waals surface area contributed by atoms with E-state index >= 15 is 0 Å². The van der Waals surface area contributed by atoms with Crippen LogP contribution < -0.4 is 10.6 Å². The zero-order valence-corrected chi connectivity index (χ0v) is 27.3. The third kappa shape index (κ3) is 6.82. The van der Waals surface area contributed by atoms with Crippen molar-refractivity contribution in [3.05, 3.63) is 114 Å². The number of nitrogens with zero attached hydrogens (tertiary/aromatic N) is 4. The maximum atomic E-state index is 14.3. The second-order valence-corrected chi connectivity index (χ2v) is 12.3. The first kappa shape index (κ1) is 32.5. The Morgan fingerprint density at radius 2 is 1.60 bits per heavy atom. The summed E-state index contributed by atoms with van der Waals surface area (Å²) < 4.78 is 5.33. The smallest absolute Gasteiger partial charge is 0.411 e. The SMILES string of the molecule is CNC(=O)N(C(C)C)N1CC(=O)N2[C@@H](Cc3ccc(NC(=O)OCc4ccccc4)cc3)C(=O)N(Cc3cccc4ccccc34)C[C@@H]21. The summed E-state index contributed by atoms with van der Waals surface area (Å²) >= 11 is 0. The quantitative estimate of drug-likeness (QED) is 0.265. The molecule has 5 amide bonds. The highest BCUT2D eigenvalue weighted by molar-refractivity contribution is 5.92. The van der Waals surface area contributed by atoms with Crippen LogP contribution in [0.5, 0.6) is 0 Å². The number of nitrogens with one attached hydrogen (secondary N) is 2. The molecule has 11 heteroatoms. The first-order valence-electron chi connectivity index (χ1n) is 16.1. The van der Waals surface area contributed by atoms with E-state index in [1.54, 1.807) is 39.0 Å². The number of urea groups is 1. The van der Waals surface area contributed by atoms with E-state index in [-0.39, 0.29) is 50.0 Å². The van der Waals surface area contributed by atoms with Crippen molar-refractivity contribution in [3.63, 3.8) is 0 Å². The van der Waals surface area contributed by atoms with Gasteiger partial charge in [0.2, 0.25) is 11.8 Å². The minimum atomic E-state index is -0.787. The number of piperazine rings is 1. The normalized spacial score (nSPS) is 17.8. The molecule has 48 heavy (non-hydrogen) atoms. The van der Waals surface area contributed by atoms with E-state index in [1.807, 2.05) is 98.8 Å². The van der Waals surface area contributed by atoms with Crippen molar-refractivity contribution in [2.24, 2.45) is 0 Å². The van der Waals surface area contributed by atoms with E-state index in [9.17, 15) is 19.2 Å². The number of rotatable bonds is 9. The van der Waals surface area contributed by atoms with Crippen molar-refractivity contribution in [3.8, 4) is 0 Å². The van der Waals surface area contributed by atoms with E-state index < -0.39 is 18.3 Å². The van der Waals surface area contributed by atoms with Crippen molar-refractivity contribution in [1.82, 2.24) is 25.1 Å². The molecule has 4 aromatic rings. The first-order chi connectivity index (χ1) is 23.2. The van der Waals surface area contributed by atoms with Crippen LogP contribution in [0.1, 0.15) is 30.5 Å². The molecule has 0 spiro atoms. The van der Waals surface area contributed by atoms with Crippen molar-refractivity contribution in [2.45, 2.75) is 51.7 Å². The minimum absolute atomic E-state index is 0.0178. The van der Waals surface area contributed by atoms with Crippen molar-refractivity contribution in [2.75, 3.05) is 25.5 Å². The summed E-state index contributed by atoms with van der Waals surface area (Å²) in [5, 5.41) is 10.9. The average Bonchev–Trinajstić information content (AvgIpc) is 3.41. The Morgan fingerprint density at radius 3 is 2.33 bits per heavy atom. The zero-order valence-electron chi connectivity index (χ0n) is 27.3. The molecule has 0 aliphatic carbocycles. The number of hydrogen-bond acceptors (Lipinski definition) is 6. The van der Waals surface area contributed by atoms with E-state index in [0.717, 1.165) is 27.5 Å². The van der Waals surface area contributed by atoms with Crippen LogP contribution in [-0.2, 0) is 33.9 Å². The fourth-order valence-electron chi connectivity index (χ4n) is 6.59. The molecule has 2 aliphatic rings. The molecular weight excluding hydrogens is 608 g/mol. The topological polar surface area (TPSA) is 115 Å². The summed E-state index contributed by atoms with van der Waals surface area (Å²) in [6.07, 6.45) is -0.841. The number of hydrazine groups is 1. The van der Waals surface area contributed by atoms with Gasteiger partial charge in [-0.05, 0) is 53.4 Å². The second kappa shape index (κ2) is 14.1.